The number of aromatic nitrogens is 1. The van der Waals surface area contributed by atoms with E-state index in [9.17, 15) is 14.0 Å². The van der Waals surface area contributed by atoms with E-state index in [4.69, 9.17) is 0 Å². The second-order valence-electron chi connectivity index (χ2n) is 3.62. The second-order valence-corrected chi connectivity index (χ2v) is 3.62. The molecule has 1 heterocycles. The average molecular weight is 267 g/mol. The Morgan fingerprint density at radius 1 is 1.21 bits per heavy atom. The van der Waals surface area contributed by atoms with Gasteiger partial charge in [-0.3, -0.25) is 0 Å². The molecule has 19 heavy (non-hydrogen) atoms. The van der Waals surface area contributed by atoms with E-state index < -0.39 is 6.61 Å². The molecule has 0 bridgehead atoms. The van der Waals surface area contributed by atoms with Gasteiger partial charge >= 0.3 is 6.61 Å². The molecule has 0 aliphatic rings. The molecule has 7 heteroatoms. The third kappa shape index (κ3) is 3.87. The SMILES string of the molecule is [O-][NH2+]c1ccnc(Nc2ccc(OC(F)F)cc2)c1. The summed E-state index contributed by atoms with van der Waals surface area (Å²) >= 11 is 0. The normalized spacial score (nSPS) is 10.5. The van der Waals surface area contributed by atoms with Crippen LogP contribution in [0.25, 0.3) is 0 Å². The van der Waals surface area contributed by atoms with E-state index in [1.165, 1.54) is 18.3 Å². The number of nitrogens with two attached hydrogens (primary N) is 1. The molecule has 1 aromatic carbocycles. The Kier molecular flexibility index (Phi) is 4.22. The van der Waals surface area contributed by atoms with Crippen molar-refractivity contribution < 1.29 is 19.0 Å². The molecular weight excluding hydrogens is 256 g/mol. The molecule has 0 atom stereocenters. The Morgan fingerprint density at radius 2 is 1.95 bits per heavy atom. The van der Waals surface area contributed by atoms with Gasteiger partial charge in [0, 0.05) is 24.0 Å². The lowest BCUT2D eigenvalue weighted by Crippen LogP contribution is -2.70. The van der Waals surface area contributed by atoms with Gasteiger partial charge in [0.2, 0.25) is 0 Å². The van der Waals surface area contributed by atoms with Crippen LogP contribution in [0.2, 0.25) is 0 Å². The zero-order chi connectivity index (χ0) is 13.7. The van der Waals surface area contributed by atoms with Crippen molar-refractivity contribution in [2.45, 2.75) is 6.61 Å². The van der Waals surface area contributed by atoms with Gasteiger partial charge in [0.1, 0.15) is 17.3 Å². The minimum absolute atomic E-state index is 0.0788. The quantitative estimate of drug-likeness (QED) is 0.814. The number of nitrogens with zero attached hydrogens (tertiary/aromatic N) is 1. The highest BCUT2D eigenvalue weighted by Gasteiger charge is 2.04. The van der Waals surface area contributed by atoms with E-state index in [2.05, 4.69) is 15.0 Å². The van der Waals surface area contributed by atoms with Crippen LogP contribution in [0, 0.1) is 5.21 Å². The number of rotatable bonds is 5. The monoisotopic (exact) mass is 267 g/mol. The Balaban J connectivity index is 2.06. The van der Waals surface area contributed by atoms with Crippen molar-refractivity contribution in [2.24, 2.45) is 0 Å². The fraction of sp³-hybridized carbons (Fsp3) is 0.0833. The number of halogens is 2. The number of nitrogens with one attached hydrogen (secondary N) is 1. The molecular formula is C12H11F2N3O2. The first kappa shape index (κ1) is 13.2. The predicted octanol–water partition coefficient (Wildman–Crippen LogP) is 2.12. The molecule has 2 aromatic rings. The van der Waals surface area contributed by atoms with Crippen LogP contribution in [0.1, 0.15) is 0 Å². The maximum absolute atomic E-state index is 12.0. The first-order valence-electron chi connectivity index (χ1n) is 5.40. The highest BCUT2D eigenvalue weighted by atomic mass is 19.3. The minimum Gasteiger partial charge on any atom is -0.630 e. The molecule has 0 aliphatic carbocycles. The maximum Gasteiger partial charge on any atom is 0.387 e. The largest absolute Gasteiger partial charge is 0.630 e. The van der Waals surface area contributed by atoms with Crippen LogP contribution in [0.3, 0.4) is 0 Å². The van der Waals surface area contributed by atoms with Gasteiger partial charge in [-0.05, 0) is 24.3 Å². The lowest BCUT2D eigenvalue weighted by molar-refractivity contribution is -0.497. The molecule has 0 saturated carbocycles. The fourth-order valence-corrected chi connectivity index (χ4v) is 1.46. The van der Waals surface area contributed by atoms with Crippen molar-refractivity contribution >= 4 is 17.2 Å². The van der Waals surface area contributed by atoms with E-state index in [-0.39, 0.29) is 5.75 Å². The fourth-order valence-electron chi connectivity index (χ4n) is 1.46. The van der Waals surface area contributed by atoms with Crippen LogP contribution in [-0.4, -0.2) is 11.6 Å². The van der Waals surface area contributed by atoms with Crippen LogP contribution in [0.15, 0.2) is 42.6 Å². The molecule has 2 rings (SSSR count). The van der Waals surface area contributed by atoms with Crippen LogP contribution in [0.4, 0.5) is 26.0 Å². The van der Waals surface area contributed by atoms with Gasteiger partial charge < -0.3 is 20.7 Å². The topological polar surface area (TPSA) is 73.8 Å². The first-order chi connectivity index (χ1) is 9.17. The van der Waals surface area contributed by atoms with Gasteiger partial charge in [0.15, 0.2) is 0 Å². The van der Waals surface area contributed by atoms with Crippen molar-refractivity contribution in [3.8, 4) is 5.75 Å². The maximum atomic E-state index is 12.0. The smallest absolute Gasteiger partial charge is 0.387 e. The third-order valence-corrected chi connectivity index (χ3v) is 2.27. The van der Waals surface area contributed by atoms with Crippen LogP contribution in [0.5, 0.6) is 5.75 Å². The van der Waals surface area contributed by atoms with E-state index in [0.717, 1.165) is 0 Å². The van der Waals surface area contributed by atoms with Gasteiger partial charge in [-0.25, -0.2) is 4.98 Å². The van der Waals surface area contributed by atoms with Crippen LogP contribution in [-0.2, 0) is 0 Å². The molecule has 0 spiro atoms. The van der Waals surface area contributed by atoms with Gasteiger partial charge in [0.25, 0.3) is 0 Å². The molecule has 0 amide bonds. The number of hydrogen-bond donors (Lipinski definition) is 2. The zero-order valence-corrected chi connectivity index (χ0v) is 9.72. The van der Waals surface area contributed by atoms with Crippen molar-refractivity contribution in [1.29, 1.82) is 0 Å². The number of anilines is 2. The van der Waals surface area contributed by atoms with Crippen LogP contribution >= 0.6 is 0 Å². The van der Waals surface area contributed by atoms with E-state index in [0.29, 0.717) is 22.7 Å². The number of pyridine rings is 1. The van der Waals surface area contributed by atoms with Gasteiger partial charge in [-0.2, -0.15) is 8.78 Å². The summed E-state index contributed by atoms with van der Waals surface area (Å²) in [6.07, 6.45) is 1.50. The molecule has 0 aliphatic heterocycles. The molecule has 100 valence electrons. The number of quaternary nitrogens is 1. The molecule has 0 fully saturated rings. The highest BCUT2D eigenvalue weighted by molar-refractivity contribution is 5.58. The second kappa shape index (κ2) is 6.07. The molecule has 1 aromatic heterocycles. The summed E-state index contributed by atoms with van der Waals surface area (Å²) in [5, 5.41) is 13.6. The molecule has 5 nitrogen and oxygen atoms in total. The Morgan fingerprint density at radius 3 is 2.58 bits per heavy atom. The zero-order valence-electron chi connectivity index (χ0n) is 9.72. The van der Waals surface area contributed by atoms with E-state index >= 15 is 0 Å². The summed E-state index contributed by atoms with van der Waals surface area (Å²) in [4.78, 5) is 4.03. The molecule has 0 radical (unpaired) electrons. The Hall–Kier alpha value is -2.25. The predicted molar refractivity (Wildman–Crippen MR) is 65.5 cm³/mol. The highest BCUT2D eigenvalue weighted by Crippen LogP contribution is 2.20. The molecule has 3 N–H and O–H groups in total. The first-order valence-corrected chi connectivity index (χ1v) is 5.40. The molecule has 0 unspecified atom stereocenters. The summed E-state index contributed by atoms with van der Waals surface area (Å²) in [5.41, 5.74) is 1.86. The van der Waals surface area contributed by atoms with Crippen molar-refractivity contribution in [3.05, 3.63) is 47.8 Å². The van der Waals surface area contributed by atoms with Crippen molar-refractivity contribution in [2.75, 3.05) is 5.32 Å². The van der Waals surface area contributed by atoms with Crippen molar-refractivity contribution in [1.82, 2.24) is 4.98 Å². The van der Waals surface area contributed by atoms with Gasteiger partial charge in [-0.1, -0.05) is 0 Å². The standard InChI is InChI=1S/C12H11F2N3O2/c13-12(14)19-10-3-1-8(2-4-10)16-11-7-9(17-18)5-6-15-11/h1-7,12H,17H2,(H,15,16). The lowest BCUT2D eigenvalue weighted by atomic mass is 10.3. The number of hydrogen-bond acceptors (Lipinski definition) is 4. The third-order valence-electron chi connectivity index (χ3n) is 2.27. The van der Waals surface area contributed by atoms with Gasteiger partial charge in [-0.15, -0.1) is 0 Å². The summed E-state index contributed by atoms with van der Waals surface area (Å²) < 4.78 is 28.2. The number of benzene rings is 1. The van der Waals surface area contributed by atoms with E-state index in [1.807, 2.05) is 0 Å². The average Bonchev–Trinajstić information content (AvgIpc) is 2.41. The van der Waals surface area contributed by atoms with Crippen LogP contribution < -0.4 is 15.5 Å². The summed E-state index contributed by atoms with van der Waals surface area (Å²) in [7, 11) is 0. The minimum atomic E-state index is -2.84. The summed E-state index contributed by atoms with van der Waals surface area (Å²) in [6, 6.07) is 9.14. The summed E-state index contributed by atoms with van der Waals surface area (Å²) in [5.74, 6) is 0.572. The summed E-state index contributed by atoms with van der Waals surface area (Å²) in [6.45, 7) is -2.84. The molecule has 0 saturated heterocycles. The Labute approximate surface area is 107 Å². The lowest BCUT2D eigenvalue weighted by Gasteiger charge is -2.08. The van der Waals surface area contributed by atoms with Crippen molar-refractivity contribution in [3.63, 3.8) is 0 Å². The van der Waals surface area contributed by atoms with E-state index in [1.54, 1.807) is 24.3 Å². The number of alkyl halides is 2. The van der Waals surface area contributed by atoms with Gasteiger partial charge in [0.05, 0.1) is 0 Å². The number of ether oxygens (including phenoxy) is 1. The Bertz CT molecular complexity index is 535.